The first-order chi connectivity index (χ1) is 13.0. The van der Waals surface area contributed by atoms with Crippen LogP contribution in [0.2, 0.25) is 0 Å². The first-order valence-corrected chi connectivity index (χ1v) is 9.38. The quantitative estimate of drug-likeness (QED) is 0.635. The second-order valence-electron chi connectivity index (χ2n) is 7.00. The highest BCUT2D eigenvalue weighted by Gasteiger charge is 2.17. The number of hydrogen-bond acceptors (Lipinski definition) is 3. The lowest BCUT2D eigenvalue weighted by Gasteiger charge is -2.16. The van der Waals surface area contributed by atoms with E-state index >= 15 is 0 Å². The molecule has 0 aliphatic rings. The summed E-state index contributed by atoms with van der Waals surface area (Å²) in [6.45, 7) is 9.05. The van der Waals surface area contributed by atoms with Gasteiger partial charge in [0.2, 0.25) is 5.91 Å². The number of hydrogen-bond donors (Lipinski definition) is 1. The minimum Gasteiger partial charge on any atom is -0.493 e. The van der Waals surface area contributed by atoms with E-state index in [0.717, 1.165) is 41.1 Å². The van der Waals surface area contributed by atoms with Crippen LogP contribution in [0.1, 0.15) is 43.3 Å². The molecule has 3 aromatic rings. The van der Waals surface area contributed by atoms with Crippen molar-refractivity contribution in [2.45, 2.75) is 46.7 Å². The smallest absolute Gasteiger partial charge is 0.217 e. The maximum atomic E-state index is 11.5. The first-order valence-electron chi connectivity index (χ1n) is 9.38. The zero-order valence-electron chi connectivity index (χ0n) is 16.5. The molecule has 0 aliphatic heterocycles. The predicted molar refractivity (Wildman–Crippen MR) is 108 cm³/mol. The van der Waals surface area contributed by atoms with E-state index in [4.69, 9.17) is 9.72 Å². The van der Waals surface area contributed by atoms with Crippen molar-refractivity contribution in [2.75, 3.05) is 6.61 Å². The summed E-state index contributed by atoms with van der Waals surface area (Å²) in [5, 5.41) is 2.94. The van der Waals surface area contributed by atoms with Crippen LogP contribution in [0.25, 0.3) is 11.0 Å². The normalized spacial score (nSPS) is 12.1. The number of amides is 1. The van der Waals surface area contributed by atoms with Crippen molar-refractivity contribution in [1.29, 1.82) is 0 Å². The number of aryl methyl sites for hydroxylation is 3. The zero-order chi connectivity index (χ0) is 19.4. The van der Waals surface area contributed by atoms with E-state index in [1.54, 1.807) is 0 Å². The molecule has 27 heavy (non-hydrogen) atoms. The number of carbonyl (C=O) groups excluding carboxylic acids is 1. The van der Waals surface area contributed by atoms with Crippen LogP contribution in [0, 0.1) is 13.8 Å². The van der Waals surface area contributed by atoms with Crippen LogP contribution >= 0.6 is 0 Å². The van der Waals surface area contributed by atoms with Crippen LogP contribution in [0.3, 0.4) is 0 Å². The van der Waals surface area contributed by atoms with Gasteiger partial charge in [0.05, 0.1) is 23.7 Å². The van der Waals surface area contributed by atoms with Gasteiger partial charge in [-0.1, -0.05) is 29.8 Å². The number of carbonyl (C=O) groups is 1. The van der Waals surface area contributed by atoms with Crippen LogP contribution in [0.4, 0.5) is 0 Å². The summed E-state index contributed by atoms with van der Waals surface area (Å²) in [7, 11) is 0. The molecule has 142 valence electrons. The fourth-order valence-corrected chi connectivity index (χ4v) is 3.40. The highest BCUT2D eigenvalue weighted by Crippen LogP contribution is 2.22. The van der Waals surface area contributed by atoms with Crippen molar-refractivity contribution in [3.05, 3.63) is 59.4 Å². The van der Waals surface area contributed by atoms with Crippen LogP contribution in [-0.2, 0) is 11.3 Å². The maximum Gasteiger partial charge on any atom is 0.217 e. The molecule has 1 heterocycles. The Morgan fingerprint density at radius 3 is 2.74 bits per heavy atom. The fraction of sp³-hybridized carbons (Fsp3) is 0.364. The fourth-order valence-electron chi connectivity index (χ4n) is 3.40. The van der Waals surface area contributed by atoms with Gasteiger partial charge in [-0.25, -0.2) is 4.98 Å². The van der Waals surface area contributed by atoms with Gasteiger partial charge in [-0.05, 0) is 51.0 Å². The van der Waals surface area contributed by atoms with E-state index in [0.29, 0.717) is 6.61 Å². The van der Waals surface area contributed by atoms with Crippen LogP contribution in [-0.4, -0.2) is 22.1 Å². The highest BCUT2D eigenvalue weighted by atomic mass is 16.5. The summed E-state index contributed by atoms with van der Waals surface area (Å²) >= 11 is 0. The molecule has 1 aromatic heterocycles. The Bertz CT molecular complexity index is 946. The van der Waals surface area contributed by atoms with Gasteiger partial charge < -0.3 is 14.6 Å². The zero-order valence-corrected chi connectivity index (χ0v) is 16.5. The Kier molecular flexibility index (Phi) is 5.79. The summed E-state index contributed by atoms with van der Waals surface area (Å²) in [5.74, 6) is 1.75. The van der Waals surface area contributed by atoms with E-state index in [1.807, 2.05) is 31.2 Å². The minimum absolute atomic E-state index is 0.0562. The molecule has 1 amide bonds. The molecule has 0 aliphatic carbocycles. The molecule has 1 atom stereocenters. The third-order valence-electron chi connectivity index (χ3n) is 4.61. The number of nitrogens with zero attached hydrogens (tertiary/aromatic N) is 2. The largest absolute Gasteiger partial charge is 0.493 e. The second kappa shape index (κ2) is 8.25. The summed E-state index contributed by atoms with van der Waals surface area (Å²) in [6.07, 6.45) is 0.855. The number of para-hydroxylation sites is 2. The maximum absolute atomic E-state index is 11.5. The van der Waals surface area contributed by atoms with Crippen molar-refractivity contribution in [3.63, 3.8) is 0 Å². The second-order valence-corrected chi connectivity index (χ2v) is 7.00. The standard InChI is InChI=1S/C22H27N3O2/c1-15-10-11-21(16(2)14-15)27-13-7-12-25-20-9-6-5-8-19(20)24-22(25)17(3)23-18(4)26/h5-6,8-11,14,17H,7,12-13H2,1-4H3,(H,23,26). The van der Waals surface area contributed by atoms with Gasteiger partial charge >= 0.3 is 0 Å². The summed E-state index contributed by atoms with van der Waals surface area (Å²) in [4.78, 5) is 16.2. The Hall–Kier alpha value is -2.82. The first kappa shape index (κ1) is 19.0. The molecule has 1 unspecified atom stereocenters. The lowest BCUT2D eigenvalue weighted by molar-refractivity contribution is -0.119. The third-order valence-corrected chi connectivity index (χ3v) is 4.61. The Labute approximate surface area is 160 Å². The Balaban J connectivity index is 1.72. The number of fused-ring (bicyclic) bond motifs is 1. The molecule has 2 aromatic carbocycles. The molecule has 0 saturated carbocycles. The van der Waals surface area contributed by atoms with E-state index in [9.17, 15) is 4.79 Å². The molecule has 0 saturated heterocycles. The van der Waals surface area contributed by atoms with E-state index in [-0.39, 0.29) is 11.9 Å². The van der Waals surface area contributed by atoms with Crippen LogP contribution < -0.4 is 10.1 Å². The molecular formula is C22H27N3O2. The van der Waals surface area contributed by atoms with E-state index in [2.05, 4.69) is 41.9 Å². The summed E-state index contributed by atoms with van der Waals surface area (Å²) in [6, 6.07) is 14.1. The highest BCUT2D eigenvalue weighted by molar-refractivity contribution is 5.77. The van der Waals surface area contributed by atoms with Crippen molar-refractivity contribution in [1.82, 2.24) is 14.9 Å². The number of nitrogens with one attached hydrogen (secondary N) is 1. The Morgan fingerprint density at radius 2 is 2.00 bits per heavy atom. The molecular weight excluding hydrogens is 338 g/mol. The van der Waals surface area contributed by atoms with Gasteiger partial charge in [0.25, 0.3) is 0 Å². The van der Waals surface area contributed by atoms with Gasteiger partial charge in [0.15, 0.2) is 0 Å². The third kappa shape index (κ3) is 4.48. The topological polar surface area (TPSA) is 56.2 Å². The lowest BCUT2D eigenvalue weighted by Crippen LogP contribution is -2.26. The molecule has 0 radical (unpaired) electrons. The monoisotopic (exact) mass is 365 g/mol. The number of ether oxygens (including phenoxy) is 1. The molecule has 5 heteroatoms. The van der Waals surface area contributed by atoms with Gasteiger partial charge in [0.1, 0.15) is 11.6 Å². The molecule has 0 fully saturated rings. The van der Waals surface area contributed by atoms with Gasteiger partial charge in [0, 0.05) is 13.5 Å². The number of imidazole rings is 1. The molecule has 0 spiro atoms. The van der Waals surface area contributed by atoms with Crippen molar-refractivity contribution in [3.8, 4) is 5.75 Å². The SMILES string of the molecule is CC(=O)NC(C)c1nc2ccccc2n1CCCOc1ccc(C)cc1C. The van der Waals surface area contributed by atoms with Gasteiger partial charge in [-0.15, -0.1) is 0 Å². The number of rotatable bonds is 7. The van der Waals surface area contributed by atoms with Gasteiger partial charge in [-0.3, -0.25) is 4.79 Å². The molecule has 1 N–H and O–H groups in total. The van der Waals surface area contributed by atoms with Crippen LogP contribution in [0.15, 0.2) is 42.5 Å². The summed E-state index contributed by atoms with van der Waals surface area (Å²) in [5.41, 5.74) is 4.42. The molecule has 0 bridgehead atoms. The Morgan fingerprint density at radius 1 is 1.22 bits per heavy atom. The van der Waals surface area contributed by atoms with Crippen molar-refractivity contribution < 1.29 is 9.53 Å². The number of aromatic nitrogens is 2. The summed E-state index contributed by atoms with van der Waals surface area (Å²) < 4.78 is 8.15. The lowest BCUT2D eigenvalue weighted by atomic mass is 10.1. The van der Waals surface area contributed by atoms with E-state index < -0.39 is 0 Å². The van der Waals surface area contributed by atoms with E-state index in [1.165, 1.54) is 12.5 Å². The van der Waals surface area contributed by atoms with Crippen molar-refractivity contribution in [2.24, 2.45) is 0 Å². The average molecular weight is 365 g/mol. The van der Waals surface area contributed by atoms with Gasteiger partial charge in [-0.2, -0.15) is 0 Å². The molecule has 5 nitrogen and oxygen atoms in total. The number of benzene rings is 2. The van der Waals surface area contributed by atoms with Crippen LogP contribution in [0.5, 0.6) is 5.75 Å². The predicted octanol–water partition coefficient (Wildman–Crippen LogP) is 4.32. The minimum atomic E-state index is -0.143. The molecule has 3 rings (SSSR count). The van der Waals surface area contributed by atoms with Crippen molar-refractivity contribution >= 4 is 16.9 Å². The average Bonchev–Trinajstić information content (AvgIpc) is 2.98.